The maximum atomic E-state index is 12.1. The molecule has 0 atom stereocenters. The summed E-state index contributed by atoms with van der Waals surface area (Å²) in [5, 5.41) is 1.38. The molecule has 1 aromatic carbocycles. The minimum Gasteiger partial charge on any atom is -0.267 e. The Morgan fingerprint density at radius 1 is 1.11 bits per heavy atom. The van der Waals surface area contributed by atoms with Gasteiger partial charge in [-0.15, -0.1) is 11.3 Å². The van der Waals surface area contributed by atoms with Gasteiger partial charge in [-0.1, -0.05) is 18.2 Å². The zero-order chi connectivity index (χ0) is 12.5. The summed E-state index contributed by atoms with van der Waals surface area (Å²) in [5.41, 5.74) is 1.53. The Kier molecular flexibility index (Phi) is 2.64. The van der Waals surface area contributed by atoms with E-state index in [4.69, 9.17) is 0 Å². The first-order valence-corrected chi connectivity index (χ1v) is 6.39. The summed E-state index contributed by atoms with van der Waals surface area (Å²) in [5.74, 6) is 0. The fraction of sp³-hybridized carbons (Fsp3) is 0.0714. The minimum absolute atomic E-state index is 0.178. The third kappa shape index (κ3) is 1.80. The zero-order valence-corrected chi connectivity index (χ0v) is 10.6. The summed E-state index contributed by atoms with van der Waals surface area (Å²) in [6, 6.07) is 11.4. The second kappa shape index (κ2) is 4.31. The van der Waals surface area contributed by atoms with Crippen LogP contribution >= 0.6 is 11.3 Å². The van der Waals surface area contributed by atoms with E-state index in [1.54, 1.807) is 6.20 Å². The lowest BCUT2D eigenvalue weighted by atomic mass is 10.2. The van der Waals surface area contributed by atoms with Gasteiger partial charge in [0.15, 0.2) is 0 Å². The van der Waals surface area contributed by atoms with E-state index in [1.165, 1.54) is 11.3 Å². The molecule has 0 fully saturated rings. The molecule has 2 heterocycles. The van der Waals surface area contributed by atoms with Gasteiger partial charge in [-0.2, -0.15) is 4.98 Å². The van der Waals surface area contributed by atoms with Gasteiger partial charge < -0.3 is 0 Å². The van der Waals surface area contributed by atoms with Gasteiger partial charge in [0.05, 0.1) is 11.1 Å². The molecule has 0 aliphatic heterocycles. The van der Waals surface area contributed by atoms with E-state index in [-0.39, 0.29) is 5.56 Å². The monoisotopic (exact) mass is 254 g/mol. The number of aromatic nitrogens is 2. The summed E-state index contributed by atoms with van der Waals surface area (Å²) < 4.78 is 0.954. The molecule has 0 radical (unpaired) electrons. The molecule has 0 spiro atoms. The smallest absolute Gasteiger partial charge is 0.267 e. The zero-order valence-electron chi connectivity index (χ0n) is 9.75. The summed E-state index contributed by atoms with van der Waals surface area (Å²) >= 11 is 1.49. The largest absolute Gasteiger partial charge is 0.280 e. The van der Waals surface area contributed by atoms with Crippen molar-refractivity contribution in [2.45, 2.75) is 6.92 Å². The van der Waals surface area contributed by atoms with E-state index in [0.717, 1.165) is 16.0 Å². The van der Waals surface area contributed by atoms with Crippen molar-refractivity contribution >= 4 is 21.4 Å². The number of nitrogens with zero attached hydrogens (tertiary/aromatic N) is 2. The maximum absolute atomic E-state index is 12.1. The van der Waals surface area contributed by atoms with Crippen molar-refractivity contribution < 1.29 is 0 Å². The molecule has 0 saturated carbocycles. The predicted octanol–water partition coefficient (Wildman–Crippen LogP) is 3.03. The van der Waals surface area contributed by atoms with Crippen molar-refractivity contribution in [2.75, 3.05) is 0 Å². The van der Waals surface area contributed by atoms with Gasteiger partial charge in [0, 0.05) is 10.9 Å². The van der Waals surface area contributed by atoms with Crippen molar-refractivity contribution in [3.8, 4) is 10.7 Å². The lowest BCUT2D eigenvalue weighted by Crippen LogP contribution is -2.07. The molecule has 0 bridgehead atoms. The SMILES string of the molecule is Cc1cccc2sc(-c3ccccn3)nc(=O)c12. The summed E-state index contributed by atoms with van der Waals surface area (Å²) in [6.45, 7) is 1.93. The minimum atomic E-state index is -0.178. The molecule has 3 nitrogen and oxygen atoms in total. The van der Waals surface area contributed by atoms with Crippen LogP contribution in [0.15, 0.2) is 47.4 Å². The highest BCUT2D eigenvalue weighted by atomic mass is 32.1. The molecule has 0 unspecified atom stereocenters. The van der Waals surface area contributed by atoms with E-state index in [9.17, 15) is 4.79 Å². The van der Waals surface area contributed by atoms with Crippen molar-refractivity contribution in [1.29, 1.82) is 0 Å². The van der Waals surface area contributed by atoms with Gasteiger partial charge in [-0.05, 0) is 30.7 Å². The Morgan fingerprint density at radius 2 is 2.00 bits per heavy atom. The van der Waals surface area contributed by atoms with Gasteiger partial charge in [0.1, 0.15) is 5.01 Å². The average molecular weight is 254 g/mol. The van der Waals surface area contributed by atoms with Crippen molar-refractivity contribution in [2.24, 2.45) is 0 Å². The number of rotatable bonds is 1. The third-order valence-corrected chi connectivity index (χ3v) is 3.80. The topological polar surface area (TPSA) is 42.9 Å². The van der Waals surface area contributed by atoms with E-state index >= 15 is 0 Å². The van der Waals surface area contributed by atoms with Crippen LogP contribution in [0.3, 0.4) is 0 Å². The van der Waals surface area contributed by atoms with E-state index in [2.05, 4.69) is 9.97 Å². The molecule has 0 N–H and O–H groups in total. The fourth-order valence-electron chi connectivity index (χ4n) is 1.87. The summed E-state index contributed by atoms with van der Waals surface area (Å²) in [6.07, 6.45) is 1.70. The van der Waals surface area contributed by atoms with Crippen molar-refractivity contribution in [3.63, 3.8) is 0 Å². The number of fused-ring (bicyclic) bond motifs is 1. The second-order valence-corrected chi connectivity index (χ2v) is 5.02. The molecular formula is C14H10N2OS. The van der Waals surface area contributed by atoms with Crippen molar-refractivity contribution in [1.82, 2.24) is 9.97 Å². The number of pyridine rings is 1. The van der Waals surface area contributed by atoms with Crippen LogP contribution in [-0.2, 0) is 0 Å². The van der Waals surface area contributed by atoms with Gasteiger partial charge in [-0.3, -0.25) is 9.78 Å². The quantitative estimate of drug-likeness (QED) is 0.670. The predicted molar refractivity (Wildman–Crippen MR) is 73.9 cm³/mol. The van der Waals surface area contributed by atoms with E-state index < -0.39 is 0 Å². The third-order valence-electron chi connectivity index (χ3n) is 2.74. The lowest BCUT2D eigenvalue weighted by Gasteiger charge is -2.02. The van der Waals surface area contributed by atoms with Crippen molar-refractivity contribution in [3.05, 3.63) is 58.5 Å². The Hall–Kier alpha value is -2.07. The Bertz CT molecular complexity index is 766. The molecule has 4 heteroatoms. The molecular weight excluding hydrogens is 244 g/mol. The Morgan fingerprint density at radius 3 is 2.78 bits per heavy atom. The second-order valence-electron chi connectivity index (χ2n) is 3.99. The van der Waals surface area contributed by atoms with Gasteiger partial charge in [0.25, 0.3) is 5.56 Å². The fourth-order valence-corrected chi connectivity index (χ4v) is 2.93. The van der Waals surface area contributed by atoms with Gasteiger partial charge in [0.2, 0.25) is 0 Å². The Labute approximate surface area is 108 Å². The van der Waals surface area contributed by atoms with Crippen LogP contribution in [0.1, 0.15) is 5.56 Å². The molecule has 88 valence electrons. The van der Waals surface area contributed by atoms with Gasteiger partial charge in [-0.25, -0.2) is 0 Å². The van der Waals surface area contributed by atoms with Crippen LogP contribution in [0, 0.1) is 6.92 Å². The molecule has 0 aliphatic carbocycles. The number of aryl methyl sites for hydroxylation is 1. The van der Waals surface area contributed by atoms with Gasteiger partial charge >= 0.3 is 0 Å². The summed E-state index contributed by atoms with van der Waals surface area (Å²) in [4.78, 5) is 20.4. The number of hydrogen-bond acceptors (Lipinski definition) is 4. The van der Waals surface area contributed by atoms with Crippen LogP contribution in [0.5, 0.6) is 0 Å². The summed E-state index contributed by atoms with van der Waals surface area (Å²) in [7, 11) is 0. The number of hydrogen-bond donors (Lipinski definition) is 0. The highest BCUT2D eigenvalue weighted by Crippen LogP contribution is 2.25. The standard InChI is InChI=1S/C14H10N2OS/c1-9-5-4-7-11-12(9)13(17)16-14(18-11)10-6-2-3-8-15-10/h2-8H,1H3. The van der Waals surface area contributed by atoms with Crippen LogP contribution in [-0.4, -0.2) is 9.97 Å². The van der Waals surface area contributed by atoms with Crippen LogP contribution in [0.4, 0.5) is 0 Å². The molecule has 0 aliphatic rings. The maximum Gasteiger partial charge on any atom is 0.280 e. The molecule has 0 saturated heterocycles. The highest BCUT2D eigenvalue weighted by molar-refractivity contribution is 7.21. The highest BCUT2D eigenvalue weighted by Gasteiger charge is 2.08. The lowest BCUT2D eigenvalue weighted by molar-refractivity contribution is 1.25. The van der Waals surface area contributed by atoms with Crippen LogP contribution in [0.2, 0.25) is 0 Å². The Balaban J connectivity index is 2.33. The molecule has 3 aromatic rings. The first-order valence-electron chi connectivity index (χ1n) is 5.57. The average Bonchev–Trinajstić information content (AvgIpc) is 2.39. The van der Waals surface area contributed by atoms with Crippen LogP contribution in [0.25, 0.3) is 20.8 Å². The first kappa shape index (κ1) is 11.0. The van der Waals surface area contributed by atoms with Crippen LogP contribution < -0.4 is 5.56 Å². The van der Waals surface area contributed by atoms with E-state index in [1.807, 2.05) is 43.3 Å². The van der Waals surface area contributed by atoms with E-state index in [0.29, 0.717) is 10.4 Å². The molecule has 18 heavy (non-hydrogen) atoms. The number of benzene rings is 1. The molecule has 2 aromatic heterocycles. The first-order chi connectivity index (χ1) is 8.75. The molecule has 0 amide bonds. The normalized spacial score (nSPS) is 10.7. The molecule has 3 rings (SSSR count).